The maximum atomic E-state index is 6.18. The van der Waals surface area contributed by atoms with E-state index in [1.165, 1.54) is 0 Å². The van der Waals surface area contributed by atoms with Crippen LogP contribution in [0, 0.1) is 0 Å². The standard InChI is InChI=1S/C12H15ClN2S2/c1-8-7-15(5-6-17-8)10-4-2-3-9(13)11(10)12(14)16/h2-4,8H,5-7H2,1H3,(H2,14,16). The van der Waals surface area contributed by atoms with Gasteiger partial charge >= 0.3 is 0 Å². The zero-order valence-electron chi connectivity index (χ0n) is 9.65. The van der Waals surface area contributed by atoms with Crippen molar-refractivity contribution in [2.24, 2.45) is 5.73 Å². The average molecular weight is 287 g/mol. The SMILES string of the molecule is CC1CN(c2cccc(Cl)c2C(N)=S)CCS1. The molecular formula is C12H15ClN2S2. The van der Waals surface area contributed by atoms with Gasteiger partial charge in [-0.2, -0.15) is 11.8 Å². The van der Waals surface area contributed by atoms with Crippen LogP contribution in [0.25, 0.3) is 0 Å². The maximum absolute atomic E-state index is 6.18. The minimum absolute atomic E-state index is 0.372. The Kier molecular flexibility index (Phi) is 4.17. The molecule has 1 aliphatic heterocycles. The summed E-state index contributed by atoms with van der Waals surface area (Å²) in [5.74, 6) is 1.13. The molecule has 1 fully saturated rings. The first-order valence-electron chi connectivity index (χ1n) is 5.54. The molecule has 1 unspecified atom stereocenters. The number of thioether (sulfide) groups is 1. The second-order valence-corrected chi connectivity index (χ2v) is 6.52. The molecule has 17 heavy (non-hydrogen) atoms. The van der Waals surface area contributed by atoms with E-state index in [0.29, 0.717) is 15.3 Å². The normalized spacial score (nSPS) is 20.4. The Balaban J connectivity index is 2.37. The van der Waals surface area contributed by atoms with Crippen LogP contribution in [0.2, 0.25) is 5.02 Å². The summed E-state index contributed by atoms with van der Waals surface area (Å²) in [7, 11) is 0. The quantitative estimate of drug-likeness (QED) is 0.847. The molecular weight excluding hydrogens is 272 g/mol. The highest BCUT2D eigenvalue weighted by Crippen LogP contribution is 2.30. The Morgan fingerprint density at radius 2 is 2.35 bits per heavy atom. The third-order valence-corrected chi connectivity index (χ3v) is 4.48. The van der Waals surface area contributed by atoms with Crippen molar-refractivity contribution < 1.29 is 0 Å². The largest absolute Gasteiger partial charge is 0.389 e. The number of hydrogen-bond donors (Lipinski definition) is 1. The minimum atomic E-state index is 0.372. The number of nitrogens with two attached hydrogens (primary N) is 1. The van der Waals surface area contributed by atoms with Crippen molar-refractivity contribution in [2.75, 3.05) is 23.7 Å². The molecule has 0 saturated carbocycles. The number of anilines is 1. The molecule has 1 aromatic rings. The maximum Gasteiger partial charge on any atom is 0.107 e. The van der Waals surface area contributed by atoms with Crippen molar-refractivity contribution >= 4 is 46.3 Å². The first kappa shape index (κ1) is 13.0. The summed E-state index contributed by atoms with van der Waals surface area (Å²) in [4.78, 5) is 2.69. The van der Waals surface area contributed by atoms with Gasteiger partial charge in [0.05, 0.1) is 10.6 Å². The summed E-state index contributed by atoms with van der Waals surface area (Å²) in [6, 6.07) is 5.83. The highest BCUT2D eigenvalue weighted by Gasteiger charge is 2.21. The number of nitrogens with zero attached hydrogens (tertiary/aromatic N) is 1. The third kappa shape index (κ3) is 2.87. The Hall–Kier alpha value is -0.450. The van der Waals surface area contributed by atoms with Gasteiger partial charge in [0.2, 0.25) is 0 Å². The summed E-state index contributed by atoms with van der Waals surface area (Å²) in [6.45, 7) is 4.27. The molecule has 0 spiro atoms. The van der Waals surface area contributed by atoms with Crippen molar-refractivity contribution in [3.63, 3.8) is 0 Å². The predicted molar refractivity (Wildman–Crippen MR) is 81.5 cm³/mol. The van der Waals surface area contributed by atoms with Crippen LogP contribution in [0.1, 0.15) is 12.5 Å². The van der Waals surface area contributed by atoms with Crippen molar-refractivity contribution in [3.05, 3.63) is 28.8 Å². The van der Waals surface area contributed by atoms with Gasteiger partial charge in [-0.25, -0.2) is 0 Å². The fraction of sp³-hybridized carbons (Fsp3) is 0.417. The van der Waals surface area contributed by atoms with E-state index in [0.717, 1.165) is 30.1 Å². The van der Waals surface area contributed by atoms with Crippen LogP contribution in [-0.4, -0.2) is 29.1 Å². The number of thiocarbonyl (C=S) groups is 1. The molecule has 2 rings (SSSR count). The van der Waals surface area contributed by atoms with Gasteiger partial charge in [0, 0.05) is 29.8 Å². The minimum Gasteiger partial charge on any atom is -0.389 e. The molecule has 0 aliphatic carbocycles. The third-order valence-electron chi connectivity index (χ3n) is 2.82. The zero-order chi connectivity index (χ0) is 12.4. The van der Waals surface area contributed by atoms with E-state index < -0.39 is 0 Å². The Bertz CT molecular complexity index is 437. The van der Waals surface area contributed by atoms with Crippen LogP contribution in [-0.2, 0) is 0 Å². The lowest BCUT2D eigenvalue weighted by Gasteiger charge is -2.33. The van der Waals surface area contributed by atoms with Gasteiger partial charge in [-0.05, 0) is 12.1 Å². The van der Waals surface area contributed by atoms with Crippen molar-refractivity contribution in [2.45, 2.75) is 12.2 Å². The Morgan fingerprint density at radius 1 is 1.59 bits per heavy atom. The Labute approximate surface area is 117 Å². The fourth-order valence-electron chi connectivity index (χ4n) is 2.06. The molecule has 1 heterocycles. The van der Waals surface area contributed by atoms with E-state index in [4.69, 9.17) is 29.6 Å². The van der Waals surface area contributed by atoms with Crippen molar-refractivity contribution in [1.82, 2.24) is 0 Å². The van der Waals surface area contributed by atoms with E-state index in [9.17, 15) is 0 Å². The van der Waals surface area contributed by atoms with Gasteiger partial charge in [-0.15, -0.1) is 0 Å². The molecule has 5 heteroatoms. The molecule has 0 bridgehead atoms. The molecule has 0 aromatic heterocycles. The number of rotatable bonds is 2. The molecule has 1 aromatic carbocycles. The lowest BCUT2D eigenvalue weighted by molar-refractivity contribution is 0.782. The molecule has 0 radical (unpaired) electrons. The fourth-order valence-corrected chi connectivity index (χ4v) is 3.61. The second kappa shape index (κ2) is 5.46. The number of benzene rings is 1. The van der Waals surface area contributed by atoms with Crippen molar-refractivity contribution in [1.29, 1.82) is 0 Å². The monoisotopic (exact) mass is 286 g/mol. The highest BCUT2D eigenvalue weighted by atomic mass is 35.5. The lowest BCUT2D eigenvalue weighted by atomic mass is 10.1. The number of halogens is 1. The van der Waals surface area contributed by atoms with Gasteiger partial charge in [0.15, 0.2) is 0 Å². The summed E-state index contributed by atoms with van der Waals surface area (Å²) < 4.78 is 0. The summed E-state index contributed by atoms with van der Waals surface area (Å²) in [6.07, 6.45) is 0. The molecule has 1 atom stereocenters. The van der Waals surface area contributed by atoms with Gasteiger partial charge < -0.3 is 10.6 Å². The summed E-state index contributed by atoms with van der Waals surface area (Å²) in [5.41, 5.74) is 7.65. The van der Waals surface area contributed by atoms with Crippen LogP contribution in [0.4, 0.5) is 5.69 Å². The van der Waals surface area contributed by atoms with Crippen LogP contribution >= 0.6 is 35.6 Å². The van der Waals surface area contributed by atoms with Crippen LogP contribution < -0.4 is 10.6 Å². The molecule has 92 valence electrons. The van der Waals surface area contributed by atoms with Gasteiger partial charge in [0.1, 0.15) is 4.99 Å². The predicted octanol–water partition coefficient (Wildman–Crippen LogP) is 2.92. The van der Waals surface area contributed by atoms with E-state index >= 15 is 0 Å². The van der Waals surface area contributed by atoms with Crippen LogP contribution in [0.5, 0.6) is 0 Å². The zero-order valence-corrected chi connectivity index (χ0v) is 12.0. The first-order chi connectivity index (χ1) is 8.09. The average Bonchev–Trinajstić information content (AvgIpc) is 2.28. The highest BCUT2D eigenvalue weighted by molar-refractivity contribution is 8.00. The summed E-state index contributed by atoms with van der Waals surface area (Å²) >= 11 is 13.3. The van der Waals surface area contributed by atoms with E-state index in [1.54, 1.807) is 0 Å². The second-order valence-electron chi connectivity index (χ2n) is 4.13. The number of hydrogen-bond acceptors (Lipinski definition) is 3. The van der Waals surface area contributed by atoms with Gasteiger partial charge in [-0.1, -0.05) is 36.8 Å². The van der Waals surface area contributed by atoms with E-state index in [-0.39, 0.29) is 0 Å². The lowest BCUT2D eigenvalue weighted by Crippen LogP contribution is -2.37. The van der Waals surface area contributed by atoms with E-state index in [2.05, 4.69) is 11.8 Å². The van der Waals surface area contributed by atoms with Crippen LogP contribution in [0.15, 0.2) is 18.2 Å². The molecule has 1 aliphatic rings. The summed E-state index contributed by atoms with van der Waals surface area (Å²) in [5, 5.41) is 1.27. The first-order valence-corrected chi connectivity index (χ1v) is 7.38. The van der Waals surface area contributed by atoms with Crippen molar-refractivity contribution in [3.8, 4) is 0 Å². The molecule has 2 N–H and O–H groups in total. The molecule has 0 amide bonds. The molecule has 1 saturated heterocycles. The molecule has 2 nitrogen and oxygen atoms in total. The Morgan fingerprint density at radius 3 is 3.00 bits per heavy atom. The van der Waals surface area contributed by atoms with Gasteiger partial charge in [-0.3, -0.25) is 0 Å². The van der Waals surface area contributed by atoms with E-state index in [1.807, 2.05) is 30.0 Å². The van der Waals surface area contributed by atoms with Gasteiger partial charge in [0.25, 0.3) is 0 Å². The topological polar surface area (TPSA) is 29.3 Å². The smallest absolute Gasteiger partial charge is 0.107 e. The van der Waals surface area contributed by atoms with Crippen LogP contribution in [0.3, 0.4) is 0 Å².